The molecule has 1 heterocycles. The van der Waals surface area contributed by atoms with Crippen molar-refractivity contribution in [3.8, 4) is 0 Å². The molecule has 0 aromatic heterocycles. The van der Waals surface area contributed by atoms with Crippen molar-refractivity contribution in [2.24, 2.45) is 0 Å². The molecule has 1 amide bonds. The van der Waals surface area contributed by atoms with Crippen molar-refractivity contribution in [2.75, 3.05) is 37.7 Å². The zero-order valence-corrected chi connectivity index (χ0v) is 19.4. The number of anilines is 1. The van der Waals surface area contributed by atoms with Crippen molar-refractivity contribution < 1.29 is 18.3 Å². The summed E-state index contributed by atoms with van der Waals surface area (Å²) in [4.78, 5) is 17.0. The SMILES string of the molecule is CN(C(=O)Cc1ccc(NS(C)(=O)=O)cc1)[C@H](CN1CC[C@H](O)C1)c1ccccc1.Cl. The lowest BCUT2D eigenvalue weighted by Crippen LogP contribution is -2.39. The normalized spacial score (nSPS) is 17.6. The lowest BCUT2D eigenvalue weighted by molar-refractivity contribution is -0.131. The monoisotopic (exact) mass is 467 g/mol. The van der Waals surface area contributed by atoms with Gasteiger partial charge in [-0.15, -0.1) is 12.4 Å². The van der Waals surface area contributed by atoms with Gasteiger partial charge in [0.2, 0.25) is 15.9 Å². The standard InChI is InChI=1S/C22H29N3O4S.ClH/c1-24(22(27)14-17-8-10-19(11-9-17)23-30(2,28)29)21(18-6-4-3-5-7-18)16-25-13-12-20(26)15-25;/h3-11,20-21,23,26H,12-16H2,1-2H3;1H/t20-,21+;/m0./s1. The summed E-state index contributed by atoms with van der Waals surface area (Å²) in [6.45, 7) is 2.11. The summed E-state index contributed by atoms with van der Waals surface area (Å²) in [5, 5.41) is 9.85. The van der Waals surface area contributed by atoms with Gasteiger partial charge in [-0.2, -0.15) is 0 Å². The van der Waals surface area contributed by atoms with Crippen molar-refractivity contribution >= 4 is 34.0 Å². The van der Waals surface area contributed by atoms with E-state index in [2.05, 4.69) is 9.62 Å². The Labute approximate surface area is 190 Å². The van der Waals surface area contributed by atoms with Crippen LogP contribution < -0.4 is 4.72 Å². The number of sulfonamides is 1. The second-order valence-corrected chi connectivity index (χ2v) is 9.63. The molecule has 2 N–H and O–H groups in total. The molecule has 31 heavy (non-hydrogen) atoms. The molecule has 2 aromatic carbocycles. The maximum Gasteiger partial charge on any atom is 0.229 e. The van der Waals surface area contributed by atoms with Gasteiger partial charge in [0.1, 0.15) is 0 Å². The minimum absolute atomic E-state index is 0. The molecule has 1 fully saturated rings. The highest BCUT2D eigenvalue weighted by molar-refractivity contribution is 7.92. The number of amides is 1. The Kier molecular flexibility index (Phi) is 8.88. The van der Waals surface area contributed by atoms with Crippen LogP contribution in [-0.4, -0.2) is 68.3 Å². The average molecular weight is 468 g/mol. The number of hydrogen-bond acceptors (Lipinski definition) is 5. The van der Waals surface area contributed by atoms with Crippen LogP contribution in [0.5, 0.6) is 0 Å². The number of rotatable bonds is 8. The second kappa shape index (κ2) is 10.9. The third-order valence-corrected chi connectivity index (χ3v) is 5.94. The second-order valence-electron chi connectivity index (χ2n) is 7.88. The summed E-state index contributed by atoms with van der Waals surface area (Å²) in [6, 6.07) is 16.6. The molecule has 0 radical (unpaired) electrons. The average Bonchev–Trinajstić information content (AvgIpc) is 3.11. The van der Waals surface area contributed by atoms with E-state index >= 15 is 0 Å². The lowest BCUT2D eigenvalue weighted by Gasteiger charge is -2.32. The minimum Gasteiger partial charge on any atom is -0.392 e. The molecule has 2 atom stereocenters. The Hall–Kier alpha value is -2.13. The zero-order valence-electron chi connectivity index (χ0n) is 17.8. The van der Waals surface area contributed by atoms with Crippen LogP contribution in [0, 0.1) is 0 Å². The van der Waals surface area contributed by atoms with Gasteiger partial charge in [0.25, 0.3) is 0 Å². The van der Waals surface area contributed by atoms with E-state index < -0.39 is 10.0 Å². The van der Waals surface area contributed by atoms with E-state index in [0.717, 1.165) is 30.3 Å². The summed E-state index contributed by atoms with van der Waals surface area (Å²) in [7, 11) is -1.52. The number of β-amino-alcohol motifs (C(OH)–C–C–N with tert-alkyl or cyclic N) is 1. The van der Waals surface area contributed by atoms with Gasteiger partial charge < -0.3 is 10.0 Å². The number of carbonyl (C=O) groups excluding carboxylic acids is 1. The van der Waals surface area contributed by atoms with Crippen molar-refractivity contribution in [2.45, 2.75) is 25.0 Å². The number of likely N-dealkylation sites (N-methyl/N-ethyl adjacent to an activating group) is 1. The smallest absolute Gasteiger partial charge is 0.229 e. The summed E-state index contributed by atoms with van der Waals surface area (Å²) in [5.74, 6) is -0.0209. The molecular weight excluding hydrogens is 438 g/mol. The van der Waals surface area contributed by atoms with Crippen LogP contribution in [0.25, 0.3) is 0 Å². The van der Waals surface area contributed by atoms with E-state index in [9.17, 15) is 18.3 Å². The maximum absolute atomic E-state index is 13.0. The first-order chi connectivity index (χ1) is 14.2. The molecular formula is C22H30ClN3O4S. The van der Waals surface area contributed by atoms with Crippen LogP contribution in [0.2, 0.25) is 0 Å². The van der Waals surface area contributed by atoms with E-state index in [-0.39, 0.29) is 36.9 Å². The van der Waals surface area contributed by atoms with Gasteiger partial charge in [0.05, 0.1) is 24.8 Å². The van der Waals surface area contributed by atoms with Crippen LogP contribution in [0.3, 0.4) is 0 Å². The quantitative estimate of drug-likeness (QED) is 0.621. The van der Waals surface area contributed by atoms with Gasteiger partial charge in [-0.05, 0) is 29.7 Å². The van der Waals surface area contributed by atoms with Gasteiger partial charge >= 0.3 is 0 Å². The van der Waals surface area contributed by atoms with Crippen LogP contribution in [0.15, 0.2) is 54.6 Å². The molecule has 2 aromatic rings. The number of aliphatic hydroxyl groups excluding tert-OH is 1. The van der Waals surface area contributed by atoms with Gasteiger partial charge in [0.15, 0.2) is 0 Å². The van der Waals surface area contributed by atoms with Crippen molar-refractivity contribution in [1.82, 2.24) is 9.80 Å². The van der Waals surface area contributed by atoms with Crippen LogP contribution >= 0.6 is 12.4 Å². The molecule has 0 saturated carbocycles. The summed E-state index contributed by atoms with van der Waals surface area (Å²) >= 11 is 0. The molecule has 1 aliphatic rings. The third kappa shape index (κ3) is 7.50. The number of nitrogens with one attached hydrogen (secondary N) is 1. The first-order valence-corrected chi connectivity index (χ1v) is 11.9. The van der Waals surface area contributed by atoms with Crippen molar-refractivity contribution in [1.29, 1.82) is 0 Å². The number of aliphatic hydroxyl groups is 1. The number of halogens is 1. The predicted octanol–water partition coefficient (Wildman–Crippen LogP) is 2.29. The van der Waals surface area contributed by atoms with Gasteiger partial charge in [-0.25, -0.2) is 8.42 Å². The Morgan fingerprint density at radius 1 is 1.19 bits per heavy atom. The number of hydrogen-bond donors (Lipinski definition) is 2. The minimum atomic E-state index is -3.33. The lowest BCUT2D eigenvalue weighted by atomic mass is 10.0. The number of nitrogens with zero attached hydrogens (tertiary/aromatic N) is 2. The summed E-state index contributed by atoms with van der Waals surface area (Å²) in [5.41, 5.74) is 2.34. The van der Waals surface area contributed by atoms with E-state index in [0.29, 0.717) is 18.8 Å². The molecule has 1 aliphatic heterocycles. The van der Waals surface area contributed by atoms with Crippen LogP contribution in [-0.2, 0) is 21.2 Å². The predicted molar refractivity (Wildman–Crippen MR) is 125 cm³/mol. The molecule has 0 spiro atoms. The largest absolute Gasteiger partial charge is 0.392 e. The Morgan fingerprint density at radius 2 is 1.84 bits per heavy atom. The fraction of sp³-hybridized carbons (Fsp3) is 0.409. The van der Waals surface area contributed by atoms with Crippen molar-refractivity contribution in [3.63, 3.8) is 0 Å². The van der Waals surface area contributed by atoms with Crippen LogP contribution in [0.1, 0.15) is 23.6 Å². The molecule has 1 saturated heterocycles. The number of carbonyl (C=O) groups is 1. The summed E-state index contributed by atoms with van der Waals surface area (Å²) in [6.07, 6.45) is 1.78. The molecule has 7 nitrogen and oxygen atoms in total. The Bertz CT molecular complexity index is 954. The zero-order chi connectivity index (χ0) is 21.7. The summed E-state index contributed by atoms with van der Waals surface area (Å²) < 4.78 is 25.1. The molecule has 0 unspecified atom stereocenters. The van der Waals surface area contributed by atoms with Gasteiger partial charge in [0, 0.05) is 32.4 Å². The van der Waals surface area contributed by atoms with E-state index in [4.69, 9.17) is 0 Å². The molecule has 0 bridgehead atoms. The Balaban J connectivity index is 0.00000341. The fourth-order valence-electron chi connectivity index (χ4n) is 3.73. The van der Waals surface area contributed by atoms with Gasteiger partial charge in [-0.3, -0.25) is 14.4 Å². The molecule has 0 aliphatic carbocycles. The van der Waals surface area contributed by atoms with Gasteiger partial charge in [-0.1, -0.05) is 42.5 Å². The van der Waals surface area contributed by atoms with E-state index in [1.165, 1.54) is 0 Å². The highest BCUT2D eigenvalue weighted by Crippen LogP contribution is 2.24. The van der Waals surface area contributed by atoms with E-state index in [1.54, 1.807) is 29.2 Å². The van der Waals surface area contributed by atoms with E-state index in [1.807, 2.05) is 37.4 Å². The number of likely N-dealkylation sites (tertiary alicyclic amines) is 1. The first kappa shape index (κ1) is 25.1. The third-order valence-electron chi connectivity index (χ3n) is 5.34. The van der Waals surface area contributed by atoms with Crippen molar-refractivity contribution in [3.05, 3.63) is 65.7 Å². The topological polar surface area (TPSA) is 90.0 Å². The number of benzene rings is 2. The fourth-order valence-corrected chi connectivity index (χ4v) is 4.29. The molecule has 170 valence electrons. The Morgan fingerprint density at radius 3 is 2.39 bits per heavy atom. The van der Waals surface area contributed by atoms with Crippen LogP contribution in [0.4, 0.5) is 5.69 Å². The molecule has 9 heteroatoms. The maximum atomic E-state index is 13.0. The highest BCUT2D eigenvalue weighted by Gasteiger charge is 2.28. The first-order valence-electron chi connectivity index (χ1n) is 9.99. The highest BCUT2D eigenvalue weighted by atomic mass is 35.5. The molecule has 3 rings (SSSR count).